The van der Waals surface area contributed by atoms with Crippen LogP contribution in [0, 0.1) is 11.8 Å². The number of ether oxygens (including phenoxy) is 3. The number of hydrogen-bond donors (Lipinski definition) is 6. The number of nitrogens with one attached hydrogen (secondary N) is 3. The summed E-state index contributed by atoms with van der Waals surface area (Å²) in [5.41, 5.74) is -0.0484. The number of methoxy groups -OCH3 is 1. The zero-order chi connectivity index (χ0) is 54.1. The van der Waals surface area contributed by atoms with Crippen LogP contribution in [0.15, 0.2) is 44.2 Å². The number of fused-ring (bicyclic) bond motifs is 1. The summed E-state index contributed by atoms with van der Waals surface area (Å²) in [6.07, 6.45) is 10.6. The number of aliphatic carboxylic acids is 2. The lowest BCUT2D eigenvalue weighted by Gasteiger charge is -2.33. The first-order valence-corrected chi connectivity index (χ1v) is 26.9. The van der Waals surface area contributed by atoms with E-state index < -0.39 is 88.6 Å². The molecule has 0 aromatic heterocycles. The normalized spacial score (nSPS) is 17.2. The van der Waals surface area contributed by atoms with Gasteiger partial charge in [-0.15, -0.1) is 11.8 Å². The fraction of sp³-hybridized carbons (Fsp3) is 0.640. The van der Waals surface area contributed by atoms with Gasteiger partial charge >= 0.3 is 29.9 Å². The van der Waals surface area contributed by atoms with E-state index in [1.807, 2.05) is 0 Å². The molecule has 1 aromatic carbocycles. The minimum atomic E-state index is -1.59. The number of hydrogen-bond acceptors (Lipinski definition) is 19. The smallest absolute Gasteiger partial charge is 0.326 e. The molecule has 3 rings (SSSR count). The van der Waals surface area contributed by atoms with Gasteiger partial charge in [0.1, 0.15) is 19.9 Å². The third kappa shape index (κ3) is 22.4. The van der Waals surface area contributed by atoms with Gasteiger partial charge < -0.3 is 45.5 Å². The van der Waals surface area contributed by atoms with Gasteiger partial charge in [0, 0.05) is 29.6 Å². The predicted molar refractivity (Wildman–Crippen MR) is 288 cm³/mol. The fourth-order valence-corrected chi connectivity index (χ4v) is 11.2. The number of anilines is 1. The van der Waals surface area contributed by atoms with E-state index >= 15 is 0 Å². The van der Waals surface area contributed by atoms with E-state index in [1.165, 1.54) is 82.2 Å². The van der Waals surface area contributed by atoms with Crippen molar-refractivity contribution in [3.63, 3.8) is 0 Å². The molecule has 0 radical (unpaired) electrons. The Morgan fingerprint density at radius 3 is 2.12 bits per heavy atom. The Morgan fingerprint density at radius 1 is 0.890 bits per heavy atom. The first kappa shape index (κ1) is 62.0. The molecule has 2 heterocycles. The number of rotatable bonds is 33. The minimum absolute atomic E-state index is 0.00580. The van der Waals surface area contributed by atoms with E-state index in [-0.39, 0.29) is 49.7 Å². The molecule has 23 heteroatoms. The maximum atomic E-state index is 14.4. The quantitative estimate of drug-likeness (QED) is 0.0134. The van der Waals surface area contributed by atoms with Crippen molar-refractivity contribution < 1.29 is 63.1 Å². The zero-order valence-electron chi connectivity index (χ0n) is 42.9. The highest BCUT2D eigenvalue weighted by molar-refractivity contribution is 8.47. The van der Waals surface area contributed by atoms with Gasteiger partial charge in [-0.05, 0) is 96.7 Å². The molecule has 2 aliphatic heterocycles. The van der Waals surface area contributed by atoms with E-state index in [4.69, 9.17) is 31.5 Å². The number of carboxylic acid groups (broad SMARTS) is 2. The molecule has 20 nitrogen and oxygen atoms in total. The van der Waals surface area contributed by atoms with Crippen molar-refractivity contribution >= 4 is 111 Å². The molecule has 0 saturated carbocycles. The van der Waals surface area contributed by atoms with Gasteiger partial charge in [0.05, 0.1) is 31.5 Å². The van der Waals surface area contributed by atoms with Crippen molar-refractivity contribution in [1.29, 1.82) is 0 Å². The van der Waals surface area contributed by atoms with Crippen LogP contribution in [0.2, 0.25) is 0 Å². The molecule has 6 unspecified atom stereocenters. The Labute approximate surface area is 441 Å². The zero-order valence-corrected chi connectivity index (χ0v) is 45.3. The molecule has 73 heavy (non-hydrogen) atoms. The number of thioether (sulfide) groups is 2. The second-order valence-electron chi connectivity index (χ2n) is 19.0. The Morgan fingerprint density at radius 2 is 1.53 bits per heavy atom. The number of aliphatic imine (C=N–C) groups is 4. The van der Waals surface area contributed by atoms with Crippen molar-refractivity contribution in [2.75, 3.05) is 24.7 Å². The van der Waals surface area contributed by atoms with E-state index in [1.54, 1.807) is 46.8 Å². The Bertz CT molecular complexity index is 2190. The largest absolute Gasteiger partial charge is 0.481 e. The molecule has 1 aromatic rings. The number of carbonyl (C=O) groups excluding carboxylic acids is 5. The topological polar surface area (TPSA) is 293 Å². The highest BCUT2D eigenvalue weighted by Crippen LogP contribution is 2.40. The molecule has 0 aliphatic carbocycles. The van der Waals surface area contributed by atoms with Crippen LogP contribution in [0.3, 0.4) is 0 Å². The third-order valence-electron chi connectivity index (χ3n) is 11.8. The van der Waals surface area contributed by atoms with Crippen molar-refractivity contribution in [1.82, 2.24) is 10.6 Å². The standard InChI is InChI=1S/C50H73N7O13S3/c1-8-9-10-11-12-13-14-15-16-17-24-72-48(71)73-50(6,46(67)68-7)27-34(25-33(42(62)53-31(2)3)26-49(4,5)69-30-58)45(66)70-47-56-40-39(43(63)57-47)54-36(29-52-40)28-51-35-20-18-32(19-21-35)41(61)55-37(44(64)65)22-23-38(59)60/h18-21,29-31,33-34,37,39,43,51,63H,8-17,22-28H2,1-7H3,(H,53,62)(H,55,61)(H,59,60)(H,64,65). The van der Waals surface area contributed by atoms with Gasteiger partial charge in [-0.2, -0.15) is 9.98 Å². The molecule has 2 amide bonds. The molecule has 0 bridgehead atoms. The summed E-state index contributed by atoms with van der Waals surface area (Å²) < 4.78 is 15.4. The van der Waals surface area contributed by atoms with Gasteiger partial charge in [0.2, 0.25) is 5.91 Å². The highest BCUT2D eigenvalue weighted by Gasteiger charge is 2.44. The number of aliphatic hydroxyl groups excluding tert-OH is 1. The van der Waals surface area contributed by atoms with E-state index in [0.29, 0.717) is 21.4 Å². The van der Waals surface area contributed by atoms with Crippen molar-refractivity contribution in [2.45, 2.75) is 173 Å². The van der Waals surface area contributed by atoms with Crippen molar-refractivity contribution in [3.05, 3.63) is 29.8 Å². The number of aliphatic hydroxyl groups is 1. The van der Waals surface area contributed by atoms with Crippen LogP contribution >= 0.6 is 35.7 Å². The average molecular weight is 1080 g/mol. The van der Waals surface area contributed by atoms with Crippen LogP contribution in [-0.2, 0) is 43.0 Å². The number of esters is 2. The van der Waals surface area contributed by atoms with Crippen LogP contribution < -0.4 is 16.0 Å². The summed E-state index contributed by atoms with van der Waals surface area (Å²) in [5.74, 6) is -6.61. The maximum absolute atomic E-state index is 14.4. The summed E-state index contributed by atoms with van der Waals surface area (Å²) in [6.45, 7) is 11.1. The summed E-state index contributed by atoms with van der Waals surface area (Å²) >= 11 is 8.33. The molecule has 0 spiro atoms. The first-order chi connectivity index (χ1) is 34.6. The van der Waals surface area contributed by atoms with Crippen LogP contribution in [0.4, 0.5) is 5.69 Å². The number of thiocarbonyl (C=S) groups is 1. The molecule has 6 N–H and O–H groups in total. The van der Waals surface area contributed by atoms with Gasteiger partial charge in [-0.25, -0.2) is 9.79 Å². The molecule has 0 saturated heterocycles. The maximum Gasteiger partial charge on any atom is 0.326 e. The second kappa shape index (κ2) is 31.5. The fourth-order valence-electron chi connectivity index (χ4n) is 7.98. The number of amidine groups is 2. The van der Waals surface area contributed by atoms with E-state index in [0.717, 1.165) is 36.8 Å². The van der Waals surface area contributed by atoms with Crippen LogP contribution in [0.1, 0.15) is 148 Å². The average Bonchev–Trinajstić information content (AvgIpc) is 3.32. The SMILES string of the molecule is CCCCCCCCCCCCSC(=S)SC(C)(CC(CC(CC(C)(C)OC=O)C(=O)NC(C)C)C(=O)OC1=NC(O)C2N=C(CNc3ccc(C(=O)NC(CCC(=O)O)C(=O)O)cc3)C=NC2=N1)C(=O)OC. The summed E-state index contributed by atoms with van der Waals surface area (Å²) in [4.78, 5) is 106. The number of amides is 2. The Kier molecular flexibility index (Phi) is 26.7. The number of carboxylic acids is 2. The number of unbranched alkanes of at least 4 members (excludes halogenated alkanes) is 9. The van der Waals surface area contributed by atoms with Crippen LogP contribution in [0.5, 0.6) is 0 Å². The number of nitrogens with zero attached hydrogens (tertiary/aromatic N) is 4. The lowest BCUT2D eigenvalue weighted by Crippen LogP contribution is -2.44. The summed E-state index contributed by atoms with van der Waals surface area (Å²) in [7, 11) is 1.24. The Balaban J connectivity index is 1.77. The molecule has 404 valence electrons. The third-order valence-corrected chi connectivity index (χ3v) is 14.7. The molecule has 6 atom stereocenters. The highest BCUT2D eigenvalue weighted by atomic mass is 32.2. The van der Waals surface area contributed by atoms with Crippen LogP contribution in [-0.4, -0.2) is 139 Å². The van der Waals surface area contributed by atoms with E-state index in [9.17, 15) is 43.8 Å². The first-order valence-electron chi connectivity index (χ1n) is 24.7. The monoisotopic (exact) mass is 1080 g/mol. The molecule has 0 fully saturated rings. The lowest BCUT2D eigenvalue weighted by atomic mass is 9.81. The van der Waals surface area contributed by atoms with Gasteiger partial charge in [-0.3, -0.25) is 33.8 Å². The Hall–Kier alpha value is -5.26. The van der Waals surface area contributed by atoms with Crippen LogP contribution in [0.25, 0.3) is 0 Å². The number of carbonyl (C=O) groups is 7. The second-order valence-corrected chi connectivity index (χ2v) is 22.8. The molecular weight excluding hydrogens is 1000 g/mol. The van der Waals surface area contributed by atoms with Gasteiger partial charge in [-0.1, -0.05) is 88.7 Å². The molecule has 2 aliphatic rings. The van der Waals surface area contributed by atoms with Crippen molar-refractivity contribution in [3.8, 4) is 0 Å². The summed E-state index contributed by atoms with van der Waals surface area (Å²) in [5, 5.41) is 37.8. The lowest BCUT2D eigenvalue weighted by molar-refractivity contribution is -0.148. The number of benzene rings is 1. The van der Waals surface area contributed by atoms with Crippen molar-refractivity contribution in [2.24, 2.45) is 31.8 Å². The van der Waals surface area contributed by atoms with Gasteiger partial charge in [0.25, 0.3) is 12.4 Å². The summed E-state index contributed by atoms with van der Waals surface area (Å²) in [6, 6.07) is 2.79. The predicted octanol–water partition coefficient (Wildman–Crippen LogP) is 7.15. The molecular formula is C50H73N7O13S3. The van der Waals surface area contributed by atoms with E-state index in [2.05, 4.69) is 42.8 Å². The minimum Gasteiger partial charge on any atom is -0.481 e. The van der Waals surface area contributed by atoms with Gasteiger partial charge in [0.15, 0.2) is 18.1 Å².